The number of hydrogen-bond acceptors (Lipinski definition) is 2. The van der Waals surface area contributed by atoms with Crippen LogP contribution in [0.15, 0.2) is 29.4 Å². The Morgan fingerprint density at radius 2 is 1.85 bits per heavy atom. The second-order valence-electron chi connectivity index (χ2n) is 5.96. The van der Waals surface area contributed by atoms with E-state index in [-0.39, 0.29) is 0 Å². The van der Waals surface area contributed by atoms with Crippen molar-refractivity contribution in [3.8, 4) is 0 Å². The predicted octanol–water partition coefficient (Wildman–Crippen LogP) is 4.83. The van der Waals surface area contributed by atoms with Gasteiger partial charge in [0.15, 0.2) is 0 Å². The third kappa shape index (κ3) is 4.90. The van der Waals surface area contributed by atoms with Gasteiger partial charge in [0, 0.05) is 18.3 Å². The molecule has 0 N–H and O–H groups in total. The fourth-order valence-corrected chi connectivity index (χ4v) is 3.11. The van der Waals surface area contributed by atoms with Gasteiger partial charge in [-0.2, -0.15) is 0 Å². The van der Waals surface area contributed by atoms with Crippen LogP contribution in [0.2, 0.25) is 0 Å². The predicted molar refractivity (Wildman–Crippen MR) is 90.3 cm³/mol. The van der Waals surface area contributed by atoms with E-state index in [1.807, 2.05) is 19.2 Å². The van der Waals surface area contributed by atoms with E-state index in [4.69, 9.17) is 0 Å². The fourth-order valence-electron chi connectivity index (χ4n) is 3.11. The van der Waals surface area contributed by atoms with Gasteiger partial charge in [0.05, 0.1) is 5.71 Å². The number of hydrogen-bond donors (Lipinski definition) is 0. The molecule has 2 nitrogen and oxygen atoms in total. The van der Waals surface area contributed by atoms with Gasteiger partial charge in [0.25, 0.3) is 0 Å². The molecule has 20 heavy (non-hydrogen) atoms. The van der Waals surface area contributed by atoms with Crippen LogP contribution in [0.25, 0.3) is 0 Å². The summed E-state index contributed by atoms with van der Waals surface area (Å²) in [5.74, 6) is 0.960. The number of allylic oxidation sites excluding steroid dienone is 2. The summed E-state index contributed by atoms with van der Waals surface area (Å²) in [6.45, 7) is 8.67. The Hall–Kier alpha value is -0.890. The van der Waals surface area contributed by atoms with E-state index >= 15 is 0 Å². The third-order valence-electron chi connectivity index (χ3n) is 4.72. The maximum Gasteiger partial charge on any atom is 0.0569 e. The van der Waals surface area contributed by atoms with Gasteiger partial charge in [-0.05, 0) is 65.5 Å². The van der Waals surface area contributed by atoms with Crippen molar-refractivity contribution in [2.75, 3.05) is 7.05 Å². The van der Waals surface area contributed by atoms with Gasteiger partial charge in [-0.25, -0.2) is 0 Å². The zero-order valence-corrected chi connectivity index (χ0v) is 14.0. The SMILES string of the molecule is C\C=C/N=C(\C=C/C)C(C)N(C)C1CCC(CC)CC1. The number of rotatable bonds is 6. The summed E-state index contributed by atoms with van der Waals surface area (Å²) in [5.41, 5.74) is 1.16. The first-order valence-electron chi connectivity index (χ1n) is 8.17. The van der Waals surface area contributed by atoms with Gasteiger partial charge in [0.1, 0.15) is 0 Å². The van der Waals surface area contributed by atoms with Crippen LogP contribution in [0.3, 0.4) is 0 Å². The van der Waals surface area contributed by atoms with E-state index < -0.39 is 0 Å². The molecule has 1 aliphatic carbocycles. The smallest absolute Gasteiger partial charge is 0.0569 e. The Kier molecular flexibility index (Phi) is 7.83. The molecule has 0 bridgehead atoms. The Bertz CT molecular complexity index is 346. The lowest BCUT2D eigenvalue weighted by Crippen LogP contribution is -2.44. The molecule has 0 heterocycles. The van der Waals surface area contributed by atoms with Gasteiger partial charge >= 0.3 is 0 Å². The molecule has 0 aromatic heterocycles. The highest BCUT2D eigenvalue weighted by molar-refractivity contribution is 5.99. The average molecular weight is 276 g/mol. The van der Waals surface area contributed by atoms with Gasteiger partial charge in [-0.1, -0.05) is 25.5 Å². The molecule has 1 rings (SSSR count). The van der Waals surface area contributed by atoms with Crippen LogP contribution in [0.4, 0.5) is 0 Å². The van der Waals surface area contributed by atoms with Crippen molar-refractivity contribution in [3.63, 3.8) is 0 Å². The lowest BCUT2D eigenvalue weighted by Gasteiger charge is -2.37. The van der Waals surface area contributed by atoms with E-state index in [2.05, 4.69) is 49.9 Å². The minimum atomic E-state index is 0.380. The Balaban J connectivity index is 2.67. The van der Waals surface area contributed by atoms with Crippen LogP contribution in [-0.2, 0) is 0 Å². The molecule has 1 aliphatic rings. The largest absolute Gasteiger partial charge is 0.295 e. The van der Waals surface area contributed by atoms with Gasteiger partial charge in [0.2, 0.25) is 0 Å². The lowest BCUT2D eigenvalue weighted by molar-refractivity contribution is 0.152. The summed E-state index contributed by atoms with van der Waals surface area (Å²) < 4.78 is 0. The molecule has 1 saturated carbocycles. The molecule has 1 atom stereocenters. The summed E-state index contributed by atoms with van der Waals surface area (Å²) in [5, 5.41) is 0. The molecule has 0 radical (unpaired) electrons. The Morgan fingerprint density at radius 3 is 2.35 bits per heavy atom. The maximum atomic E-state index is 4.59. The van der Waals surface area contributed by atoms with Gasteiger partial charge in [-0.3, -0.25) is 9.89 Å². The monoisotopic (exact) mass is 276 g/mol. The van der Waals surface area contributed by atoms with Crippen molar-refractivity contribution in [2.24, 2.45) is 10.9 Å². The van der Waals surface area contributed by atoms with E-state index in [9.17, 15) is 0 Å². The molecular weight excluding hydrogens is 244 g/mol. The molecule has 114 valence electrons. The van der Waals surface area contributed by atoms with Crippen LogP contribution in [0.1, 0.15) is 59.8 Å². The first kappa shape index (κ1) is 17.2. The normalized spacial score (nSPS) is 26.8. The summed E-state index contributed by atoms with van der Waals surface area (Å²) in [6.07, 6.45) is 14.9. The number of nitrogens with zero attached hydrogens (tertiary/aromatic N) is 2. The topological polar surface area (TPSA) is 15.6 Å². The van der Waals surface area contributed by atoms with Crippen LogP contribution < -0.4 is 0 Å². The minimum Gasteiger partial charge on any atom is -0.295 e. The molecule has 2 heteroatoms. The highest BCUT2D eigenvalue weighted by Gasteiger charge is 2.26. The van der Waals surface area contributed by atoms with Crippen molar-refractivity contribution in [1.29, 1.82) is 0 Å². The fraction of sp³-hybridized carbons (Fsp3) is 0.722. The van der Waals surface area contributed by atoms with Crippen molar-refractivity contribution < 1.29 is 0 Å². The highest BCUT2D eigenvalue weighted by Crippen LogP contribution is 2.29. The van der Waals surface area contributed by atoms with E-state index in [1.165, 1.54) is 32.1 Å². The molecule has 1 fully saturated rings. The molecule has 1 unspecified atom stereocenters. The molecule has 0 amide bonds. The first-order valence-corrected chi connectivity index (χ1v) is 8.17. The zero-order valence-electron chi connectivity index (χ0n) is 14.0. The van der Waals surface area contributed by atoms with Gasteiger partial charge in [-0.15, -0.1) is 0 Å². The van der Waals surface area contributed by atoms with E-state index in [0.29, 0.717) is 12.1 Å². The van der Waals surface area contributed by atoms with E-state index in [0.717, 1.165) is 11.6 Å². The zero-order chi connectivity index (χ0) is 15.0. The van der Waals surface area contributed by atoms with Crippen molar-refractivity contribution >= 4 is 5.71 Å². The van der Waals surface area contributed by atoms with Crippen LogP contribution in [-0.4, -0.2) is 29.7 Å². The first-order chi connectivity index (χ1) is 9.63. The second kappa shape index (κ2) is 9.12. The van der Waals surface area contributed by atoms with Crippen LogP contribution in [0.5, 0.6) is 0 Å². The molecular formula is C18H32N2. The lowest BCUT2D eigenvalue weighted by atomic mass is 9.83. The van der Waals surface area contributed by atoms with Crippen molar-refractivity contribution in [2.45, 2.75) is 71.9 Å². The molecule has 0 aromatic carbocycles. The molecule has 0 aliphatic heterocycles. The second-order valence-corrected chi connectivity index (χ2v) is 5.96. The van der Waals surface area contributed by atoms with Crippen molar-refractivity contribution in [3.05, 3.63) is 24.4 Å². The molecule has 0 aromatic rings. The summed E-state index contributed by atoms with van der Waals surface area (Å²) in [4.78, 5) is 7.11. The summed E-state index contributed by atoms with van der Waals surface area (Å²) >= 11 is 0. The average Bonchev–Trinajstić information content (AvgIpc) is 2.50. The van der Waals surface area contributed by atoms with Crippen LogP contribution in [0, 0.1) is 5.92 Å². The summed E-state index contributed by atoms with van der Waals surface area (Å²) in [6, 6.07) is 1.10. The van der Waals surface area contributed by atoms with E-state index in [1.54, 1.807) is 0 Å². The minimum absolute atomic E-state index is 0.380. The van der Waals surface area contributed by atoms with Crippen LogP contribution >= 0.6 is 0 Å². The quantitative estimate of drug-likeness (QED) is 0.635. The van der Waals surface area contributed by atoms with Gasteiger partial charge < -0.3 is 0 Å². The van der Waals surface area contributed by atoms with Crippen molar-refractivity contribution in [1.82, 2.24) is 4.90 Å². The Labute approximate surface area is 125 Å². The molecule has 0 saturated heterocycles. The Morgan fingerprint density at radius 1 is 1.20 bits per heavy atom. The summed E-state index contributed by atoms with van der Waals surface area (Å²) in [7, 11) is 2.26. The third-order valence-corrected chi connectivity index (χ3v) is 4.72. The maximum absolute atomic E-state index is 4.59. The highest BCUT2D eigenvalue weighted by atomic mass is 15.2. The molecule has 0 spiro atoms. The standard InChI is InChI=1S/C18H32N2/c1-6-9-18(19-14-7-2)15(4)20(5)17-12-10-16(8-3)11-13-17/h6-7,9,14-17H,8,10-13H2,1-5H3/b9-6-,14-7-,19-18+. The number of aliphatic imine (C=N–C) groups is 1.